The van der Waals surface area contributed by atoms with Gasteiger partial charge < -0.3 is 0 Å². The number of alkyl halides is 3. The lowest BCUT2D eigenvalue weighted by atomic mass is 10.2. The molecule has 4 aromatic rings. The predicted molar refractivity (Wildman–Crippen MR) is 113 cm³/mol. The Hall–Kier alpha value is -3.92. The van der Waals surface area contributed by atoms with Crippen LogP contribution in [-0.2, 0) is 6.18 Å². The third kappa shape index (κ3) is 4.54. The zero-order valence-electron chi connectivity index (χ0n) is 16.3. The van der Waals surface area contributed by atoms with E-state index in [0.29, 0.717) is 21.8 Å². The molecule has 4 rings (SSSR count). The van der Waals surface area contributed by atoms with E-state index in [2.05, 4.69) is 16.0 Å². The Labute approximate surface area is 184 Å². The highest BCUT2D eigenvalue weighted by Gasteiger charge is 2.35. The van der Waals surface area contributed by atoms with E-state index in [1.807, 2.05) is 0 Å². The van der Waals surface area contributed by atoms with Crippen molar-refractivity contribution in [2.75, 3.05) is 0 Å². The Morgan fingerprint density at radius 3 is 2.03 bits per heavy atom. The summed E-state index contributed by atoms with van der Waals surface area (Å²) in [7, 11) is 0. The predicted octanol–water partition coefficient (Wildman–Crippen LogP) is 4.69. The van der Waals surface area contributed by atoms with E-state index in [-0.39, 0.29) is 5.56 Å². The Kier molecular flexibility index (Phi) is 5.78. The van der Waals surface area contributed by atoms with Crippen LogP contribution in [0.1, 0.15) is 26.4 Å². The molecule has 6 nitrogen and oxygen atoms in total. The topological polar surface area (TPSA) is 76.0 Å². The maximum Gasteiger partial charge on any atom is 0.435 e. The summed E-state index contributed by atoms with van der Waals surface area (Å²) in [5.74, 6) is -1.05. The molecule has 2 aromatic carbocycles. The average Bonchev–Trinajstić information content (AvgIpc) is 3.47. The number of aromatic nitrogens is 2. The third-order valence-corrected chi connectivity index (χ3v) is 5.37. The number of carbonyl (C=O) groups excluding carboxylic acids is 2. The minimum Gasteiger partial charge on any atom is -0.267 e. The molecule has 2 aromatic heterocycles. The van der Waals surface area contributed by atoms with Crippen molar-refractivity contribution in [3.63, 3.8) is 0 Å². The van der Waals surface area contributed by atoms with E-state index in [0.717, 1.165) is 6.07 Å². The fourth-order valence-corrected chi connectivity index (χ4v) is 3.64. The summed E-state index contributed by atoms with van der Waals surface area (Å²) in [5.41, 5.74) is 4.85. The molecule has 32 heavy (non-hydrogen) atoms. The lowest BCUT2D eigenvalue weighted by Gasteiger charge is -2.09. The molecule has 0 radical (unpaired) electrons. The van der Waals surface area contributed by atoms with Crippen molar-refractivity contribution < 1.29 is 22.8 Å². The highest BCUT2D eigenvalue weighted by atomic mass is 32.1. The summed E-state index contributed by atoms with van der Waals surface area (Å²) in [4.78, 5) is 25.0. The molecule has 0 bridgehead atoms. The van der Waals surface area contributed by atoms with Crippen LogP contribution < -0.4 is 10.9 Å². The molecule has 2 N–H and O–H groups in total. The SMILES string of the molecule is O=C(NNC(=O)c1ccc(-n2nc(C(F)(F)F)cc2-c2cccs2)cc1)c1ccccc1. The number of amides is 2. The van der Waals surface area contributed by atoms with Crippen LogP contribution in [0.5, 0.6) is 0 Å². The quantitative estimate of drug-likeness (QED) is 0.438. The largest absolute Gasteiger partial charge is 0.435 e. The normalized spacial score (nSPS) is 11.2. The summed E-state index contributed by atoms with van der Waals surface area (Å²) in [5, 5.41) is 5.48. The van der Waals surface area contributed by atoms with Crippen molar-refractivity contribution in [3.05, 3.63) is 95.0 Å². The van der Waals surface area contributed by atoms with Crippen molar-refractivity contribution >= 4 is 23.2 Å². The van der Waals surface area contributed by atoms with Gasteiger partial charge in [-0.05, 0) is 53.9 Å². The number of carbonyl (C=O) groups is 2. The van der Waals surface area contributed by atoms with Crippen LogP contribution in [0.15, 0.2) is 78.2 Å². The molecule has 0 saturated carbocycles. The van der Waals surface area contributed by atoms with E-state index in [1.54, 1.807) is 47.8 Å². The van der Waals surface area contributed by atoms with Gasteiger partial charge in [-0.2, -0.15) is 18.3 Å². The van der Waals surface area contributed by atoms with Crippen molar-refractivity contribution in [3.8, 4) is 16.3 Å². The lowest BCUT2D eigenvalue weighted by Crippen LogP contribution is -2.41. The van der Waals surface area contributed by atoms with Gasteiger partial charge in [0.1, 0.15) is 0 Å². The number of hydrogen-bond acceptors (Lipinski definition) is 4. The number of benzene rings is 2. The van der Waals surface area contributed by atoms with E-state index in [1.165, 1.54) is 40.3 Å². The number of thiophene rings is 1. The number of nitrogens with one attached hydrogen (secondary N) is 2. The highest BCUT2D eigenvalue weighted by molar-refractivity contribution is 7.13. The van der Waals surface area contributed by atoms with E-state index >= 15 is 0 Å². The molecular weight excluding hydrogens is 441 g/mol. The number of hydrogen-bond donors (Lipinski definition) is 2. The molecule has 0 fully saturated rings. The van der Waals surface area contributed by atoms with Gasteiger partial charge in [0.2, 0.25) is 0 Å². The Bertz CT molecular complexity index is 1230. The van der Waals surface area contributed by atoms with Gasteiger partial charge in [0.05, 0.1) is 16.3 Å². The molecule has 0 aliphatic carbocycles. The first kappa shape index (κ1) is 21.3. The lowest BCUT2D eigenvalue weighted by molar-refractivity contribution is -0.141. The summed E-state index contributed by atoms with van der Waals surface area (Å²) in [6.07, 6.45) is -4.59. The van der Waals surface area contributed by atoms with Crippen LogP contribution in [-0.4, -0.2) is 21.6 Å². The van der Waals surface area contributed by atoms with Gasteiger partial charge in [0, 0.05) is 11.1 Å². The van der Waals surface area contributed by atoms with E-state index in [9.17, 15) is 22.8 Å². The van der Waals surface area contributed by atoms with Crippen LogP contribution in [0.4, 0.5) is 13.2 Å². The van der Waals surface area contributed by atoms with Crippen LogP contribution >= 0.6 is 11.3 Å². The summed E-state index contributed by atoms with van der Waals surface area (Å²) in [6.45, 7) is 0. The first-order valence-electron chi connectivity index (χ1n) is 9.30. The van der Waals surface area contributed by atoms with Crippen molar-refractivity contribution in [2.45, 2.75) is 6.18 Å². The zero-order chi connectivity index (χ0) is 22.7. The van der Waals surface area contributed by atoms with Crippen LogP contribution in [0, 0.1) is 0 Å². The molecule has 162 valence electrons. The summed E-state index contributed by atoms with van der Waals surface area (Å²) in [6, 6.07) is 18.6. The van der Waals surface area contributed by atoms with Crippen molar-refractivity contribution in [1.82, 2.24) is 20.6 Å². The molecule has 10 heteroatoms. The summed E-state index contributed by atoms with van der Waals surface area (Å²) >= 11 is 1.29. The molecule has 0 spiro atoms. The number of halogens is 3. The van der Waals surface area contributed by atoms with Gasteiger partial charge in [-0.15, -0.1) is 11.3 Å². The van der Waals surface area contributed by atoms with Crippen molar-refractivity contribution in [1.29, 1.82) is 0 Å². The molecule has 2 amide bonds. The third-order valence-electron chi connectivity index (χ3n) is 4.47. The molecular formula is C22H15F3N4O2S. The Morgan fingerprint density at radius 2 is 1.47 bits per heavy atom. The van der Waals surface area contributed by atoms with Gasteiger partial charge in [0.25, 0.3) is 11.8 Å². The number of rotatable bonds is 4. The Morgan fingerprint density at radius 1 is 0.844 bits per heavy atom. The zero-order valence-corrected chi connectivity index (χ0v) is 17.1. The van der Waals surface area contributed by atoms with Gasteiger partial charge in [-0.25, -0.2) is 4.68 Å². The minimum atomic E-state index is -4.59. The second-order valence-corrected chi connectivity index (χ2v) is 7.57. The smallest absolute Gasteiger partial charge is 0.267 e. The van der Waals surface area contributed by atoms with Gasteiger partial charge in [-0.1, -0.05) is 24.3 Å². The maximum absolute atomic E-state index is 13.2. The fourth-order valence-electron chi connectivity index (χ4n) is 2.92. The summed E-state index contributed by atoms with van der Waals surface area (Å²) < 4.78 is 40.9. The first-order chi connectivity index (χ1) is 15.3. The van der Waals surface area contributed by atoms with Crippen LogP contribution in [0.2, 0.25) is 0 Å². The second-order valence-electron chi connectivity index (χ2n) is 6.62. The Balaban J connectivity index is 1.53. The first-order valence-corrected chi connectivity index (χ1v) is 10.2. The van der Waals surface area contributed by atoms with Gasteiger partial charge >= 0.3 is 6.18 Å². The second kappa shape index (κ2) is 8.67. The highest BCUT2D eigenvalue weighted by Crippen LogP contribution is 2.34. The average molecular weight is 456 g/mol. The van der Waals surface area contributed by atoms with Gasteiger partial charge in [0.15, 0.2) is 5.69 Å². The maximum atomic E-state index is 13.2. The molecule has 0 saturated heterocycles. The molecule has 0 aliphatic rings. The monoisotopic (exact) mass is 456 g/mol. The standard InChI is InChI=1S/C22H15F3N4O2S/c23-22(24,25)19-13-17(18-7-4-12-32-18)29(28-19)16-10-8-15(9-11-16)21(31)27-26-20(30)14-5-2-1-3-6-14/h1-13H,(H,26,30)(H,27,31). The van der Waals surface area contributed by atoms with Crippen LogP contribution in [0.3, 0.4) is 0 Å². The van der Waals surface area contributed by atoms with E-state index in [4.69, 9.17) is 0 Å². The molecule has 2 heterocycles. The fraction of sp³-hybridized carbons (Fsp3) is 0.0455. The minimum absolute atomic E-state index is 0.211. The molecule has 0 atom stereocenters. The number of hydrazine groups is 1. The van der Waals surface area contributed by atoms with Crippen molar-refractivity contribution in [2.24, 2.45) is 0 Å². The number of nitrogens with zero attached hydrogens (tertiary/aromatic N) is 2. The molecule has 0 unspecified atom stereocenters. The van der Waals surface area contributed by atoms with Gasteiger partial charge in [-0.3, -0.25) is 20.4 Å². The van der Waals surface area contributed by atoms with E-state index < -0.39 is 23.7 Å². The molecule has 0 aliphatic heterocycles. The van der Waals surface area contributed by atoms with Crippen LogP contribution in [0.25, 0.3) is 16.3 Å².